The normalized spacial score (nSPS) is 23.5. The quantitative estimate of drug-likeness (QED) is 0.254. The van der Waals surface area contributed by atoms with Crippen LogP contribution < -0.4 is 4.57 Å². The van der Waals surface area contributed by atoms with E-state index in [0.717, 1.165) is 0 Å². The summed E-state index contributed by atoms with van der Waals surface area (Å²) in [5, 5.41) is 0. The van der Waals surface area contributed by atoms with Crippen LogP contribution in [0.25, 0.3) is 0 Å². The van der Waals surface area contributed by atoms with Crippen molar-refractivity contribution in [2.24, 2.45) is 0 Å². The van der Waals surface area contributed by atoms with Crippen molar-refractivity contribution in [2.45, 2.75) is 106 Å². The van der Waals surface area contributed by atoms with E-state index in [2.05, 4.69) is 144 Å². The molecule has 2 saturated heterocycles. The molecule has 0 bridgehead atoms. The minimum atomic E-state index is -2.05. The van der Waals surface area contributed by atoms with Crippen molar-refractivity contribution in [2.75, 3.05) is 4.57 Å². The first-order valence-corrected chi connectivity index (χ1v) is 29.8. The van der Waals surface area contributed by atoms with E-state index in [1.54, 1.807) is 5.56 Å². The molecular formula is C29H51NSi5. The van der Waals surface area contributed by atoms with Gasteiger partial charge < -0.3 is 4.57 Å². The van der Waals surface area contributed by atoms with E-state index >= 15 is 0 Å². The van der Waals surface area contributed by atoms with Crippen molar-refractivity contribution in [3.05, 3.63) is 66.2 Å². The molecule has 0 radical (unpaired) electrons. The van der Waals surface area contributed by atoms with Gasteiger partial charge in [-0.2, -0.15) is 0 Å². The molecule has 2 aromatic rings. The third-order valence-electron chi connectivity index (χ3n) is 10.4. The van der Waals surface area contributed by atoms with Gasteiger partial charge in [-0.05, 0) is 26.3 Å². The molecule has 0 saturated carbocycles. The first kappa shape index (κ1) is 27.4. The predicted molar refractivity (Wildman–Crippen MR) is 172 cm³/mol. The molecule has 4 rings (SSSR count). The van der Waals surface area contributed by atoms with E-state index in [-0.39, 0.29) is 0 Å². The highest BCUT2D eigenvalue weighted by molar-refractivity contribution is 7.32. The summed E-state index contributed by atoms with van der Waals surface area (Å²) in [5.41, 5.74) is 3.77. The standard InChI is InChI=1S/C29H51NSi5/c1-31(2,3)28(32(4,5)6)23-24-29(33(7,8)9,34(10,11)12)35(28)27(25-19-15-13-16-20-25)30(35)26-21-17-14-18-22-26/h13-22,27H,23-24H2,1-12H3/t27-,30?/m0/s1. The SMILES string of the molecule is C[Si](C)(C)C1([Si](C)(C)C)CCC([Si](C)(C)C)([Si](C)(C)C)[Si]12[C@@H](c1ccccc1)N2c1ccccc1. The Bertz CT molecular complexity index is 939. The lowest BCUT2D eigenvalue weighted by Crippen LogP contribution is -2.72. The van der Waals surface area contributed by atoms with E-state index in [9.17, 15) is 0 Å². The van der Waals surface area contributed by atoms with E-state index in [4.69, 9.17) is 0 Å². The Morgan fingerprint density at radius 3 is 1.26 bits per heavy atom. The summed E-state index contributed by atoms with van der Waals surface area (Å²) in [4.78, 5) is 0. The second kappa shape index (κ2) is 8.16. The number of rotatable bonds is 6. The van der Waals surface area contributed by atoms with Crippen molar-refractivity contribution in [3.63, 3.8) is 0 Å². The first-order chi connectivity index (χ1) is 15.9. The van der Waals surface area contributed by atoms with Gasteiger partial charge in [-0.15, -0.1) is 0 Å². The molecule has 6 heteroatoms. The third kappa shape index (κ3) is 3.38. The first-order valence-electron chi connectivity index (χ1n) is 13.8. The van der Waals surface area contributed by atoms with Crippen LogP contribution in [0.2, 0.25) is 87.1 Å². The zero-order chi connectivity index (χ0) is 26.3. The van der Waals surface area contributed by atoms with Gasteiger partial charge in [0.15, 0.2) is 8.24 Å². The predicted octanol–water partition coefficient (Wildman–Crippen LogP) is 9.52. The molecular weight excluding hydrogens is 503 g/mol. The molecule has 0 amide bonds. The minimum absolute atomic E-state index is 0.587. The summed E-state index contributed by atoms with van der Waals surface area (Å²) >= 11 is 0. The van der Waals surface area contributed by atoms with Crippen molar-refractivity contribution >= 4 is 46.2 Å². The van der Waals surface area contributed by atoms with Crippen LogP contribution in [0.15, 0.2) is 60.7 Å². The lowest BCUT2D eigenvalue weighted by molar-refractivity contribution is 0.763. The Balaban J connectivity index is 2.22. The van der Waals surface area contributed by atoms with Crippen LogP contribution in [0.1, 0.15) is 24.1 Å². The maximum absolute atomic E-state index is 3.17. The molecule has 2 heterocycles. The number of hydrogen-bond donors (Lipinski definition) is 0. The van der Waals surface area contributed by atoms with E-state index in [0.29, 0.717) is 14.2 Å². The van der Waals surface area contributed by atoms with Gasteiger partial charge >= 0.3 is 0 Å². The molecule has 2 aliphatic rings. The molecule has 0 aromatic heterocycles. The molecule has 2 aliphatic heterocycles. The molecule has 1 nitrogen and oxygen atoms in total. The highest BCUT2D eigenvalue weighted by Crippen LogP contribution is 2.86. The summed E-state index contributed by atoms with van der Waals surface area (Å²) in [5.74, 6) is 0. The van der Waals surface area contributed by atoms with E-state index < -0.39 is 40.5 Å². The highest BCUT2D eigenvalue weighted by Gasteiger charge is 2.92. The number of hydrogen-bond acceptors (Lipinski definition) is 1. The molecule has 1 atom stereocenters. The van der Waals surface area contributed by atoms with Crippen LogP contribution in [0, 0.1) is 0 Å². The van der Waals surface area contributed by atoms with Gasteiger partial charge in [-0.1, -0.05) is 140 Å². The smallest absolute Gasteiger partial charge is 0.184 e. The molecule has 0 N–H and O–H groups in total. The van der Waals surface area contributed by atoms with Gasteiger partial charge in [0.25, 0.3) is 0 Å². The van der Waals surface area contributed by atoms with E-state index in [1.807, 2.05) is 0 Å². The Labute approximate surface area is 221 Å². The van der Waals surface area contributed by atoms with Crippen LogP contribution in [0.5, 0.6) is 0 Å². The van der Waals surface area contributed by atoms with Gasteiger partial charge in [0.2, 0.25) is 0 Å². The molecule has 192 valence electrons. The zero-order valence-corrected chi connectivity index (χ0v) is 29.7. The Morgan fingerprint density at radius 2 is 0.914 bits per heavy atom. The molecule has 1 spiro atoms. The second-order valence-corrected chi connectivity index (χ2v) is 44.3. The average Bonchev–Trinajstić information content (AvgIpc) is 3.24. The number of para-hydroxylation sites is 1. The summed E-state index contributed by atoms with van der Waals surface area (Å²) in [6, 6.07) is 23.5. The van der Waals surface area contributed by atoms with Gasteiger partial charge in [0.05, 0.1) is 5.67 Å². The summed E-state index contributed by atoms with van der Waals surface area (Å²) in [7, 11) is -8.26. The highest BCUT2D eigenvalue weighted by atomic mass is 28.5. The zero-order valence-electron chi connectivity index (χ0n) is 24.7. The third-order valence-corrected chi connectivity index (χ3v) is 49.7. The van der Waals surface area contributed by atoms with Crippen molar-refractivity contribution in [3.8, 4) is 0 Å². The monoisotopic (exact) mass is 553 g/mol. The number of nitrogens with zero attached hydrogens (tertiary/aromatic N) is 1. The summed E-state index contributed by atoms with van der Waals surface area (Å²) < 4.78 is 4.34. The van der Waals surface area contributed by atoms with Crippen molar-refractivity contribution in [1.82, 2.24) is 0 Å². The molecule has 0 unspecified atom stereocenters. The molecule has 0 aliphatic carbocycles. The molecule has 35 heavy (non-hydrogen) atoms. The van der Waals surface area contributed by atoms with Gasteiger partial charge in [0.1, 0.15) is 0 Å². The summed E-state index contributed by atoms with van der Waals surface area (Å²) in [6.07, 6.45) is 3.01. The fourth-order valence-corrected chi connectivity index (χ4v) is 63.2. The average molecular weight is 554 g/mol. The lowest BCUT2D eigenvalue weighted by atomic mass is 10.2. The minimum Gasteiger partial charge on any atom is -0.389 e. The van der Waals surface area contributed by atoms with Crippen molar-refractivity contribution < 1.29 is 0 Å². The van der Waals surface area contributed by atoms with Crippen molar-refractivity contribution in [1.29, 1.82) is 0 Å². The Hall–Kier alpha value is -0.676. The Kier molecular flexibility index (Phi) is 6.38. The topological polar surface area (TPSA) is 3.01 Å². The number of anilines is 1. The summed E-state index contributed by atoms with van der Waals surface area (Å²) in [6.45, 7) is 33.3. The van der Waals surface area contributed by atoms with Crippen LogP contribution >= 0.6 is 0 Å². The fourth-order valence-electron chi connectivity index (χ4n) is 10.3. The second-order valence-electron chi connectivity index (χ2n) is 15.6. The van der Waals surface area contributed by atoms with Crippen LogP contribution in [-0.4, -0.2) is 40.5 Å². The molecule has 2 fully saturated rings. The largest absolute Gasteiger partial charge is 0.389 e. The molecule has 2 aromatic carbocycles. The fraction of sp³-hybridized carbons (Fsp3) is 0.586. The number of benzene rings is 2. The van der Waals surface area contributed by atoms with Crippen LogP contribution in [0.3, 0.4) is 0 Å². The lowest BCUT2D eigenvalue weighted by Gasteiger charge is -2.61. The maximum atomic E-state index is 3.17. The van der Waals surface area contributed by atoms with E-state index in [1.165, 1.54) is 18.5 Å². The van der Waals surface area contributed by atoms with Crippen LogP contribution in [-0.2, 0) is 0 Å². The van der Waals surface area contributed by atoms with Gasteiger partial charge in [-0.25, -0.2) is 0 Å². The van der Waals surface area contributed by atoms with Gasteiger partial charge in [0, 0.05) is 38.0 Å². The maximum Gasteiger partial charge on any atom is 0.184 e. The Morgan fingerprint density at radius 1 is 0.571 bits per heavy atom. The van der Waals surface area contributed by atoms with Gasteiger partial charge in [-0.3, -0.25) is 0 Å². The van der Waals surface area contributed by atoms with Crippen LogP contribution in [0.4, 0.5) is 5.69 Å².